The van der Waals surface area contributed by atoms with Crippen molar-refractivity contribution in [1.29, 1.82) is 0 Å². The maximum atomic E-state index is 5.58. The third-order valence-electron chi connectivity index (χ3n) is 1.76. The highest BCUT2D eigenvalue weighted by Crippen LogP contribution is 2.13. The van der Waals surface area contributed by atoms with E-state index in [-0.39, 0.29) is 0 Å². The van der Waals surface area contributed by atoms with Crippen LogP contribution in [0, 0.1) is 0 Å². The van der Waals surface area contributed by atoms with Gasteiger partial charge in [-0.1, -0.05) is 12.1 Å². The molecular formula is C10H10N2S. The molecule has 0 bridgehead atoms. The fraction of sp³-hybridized carbons (Fsp3) is 0.100. The molecule has 2 aromatic rings. The quantitative estimate of drug-likeness (QED) is 0.789. The van der Waals surface area contributed by atoms with Crippen molar-refractivity contribution in [1.82, 2.24) is 4.98 Å². The lowest BCUT2D eigenvalue weighted by atomic mass is 10.2. The van der Waals surface area contributed by atoms with E-state index in [2.05, 4.69) is 16.4 Å². The lowest BCUT2D eigenvalue weighted by Gasteiger charge is -1.98. The van der Waals surface area contributed by atoms with Gasteiger partial charge in [0.25, 0.3) is 0 Å². The zero-order valence-corrected chi connectivity index (χ0v) is 7.92. The summed E-state index contributed by atoms with van der Waals surface area (Å²) in [6.45, 7) is 0. The van der Waals surface area contributed by atoms with Crippen LogP contribution in [0.3, 0.4) is 0 Å². The minimum absolute atomic E-state index is 0.592. The second-order valence-electron chi connectivity index (χ2n) is 2.81. The molecule has 0 radical (unpaired) electrons. The summed E-state index contributed by atoms with van der Waals surface area (Å²) in [6, 6.07) is 9.89. The van der Waals surface area contributed by atoms with Crippen molar-refractivity contribution in [3.8, 4) is 0 Å². The predicted octanol–water partition coefficient (Wildman–Crippen LogP) is 2.32. The standard InChI is InChI=1S/C10H10N2S/c11-10-5-1-3-8(12-10)7-9-4-2-6-13-9/h1-6H,7H2,(H2,11,12). The van der Waals surface area contributed by atoms with Crippen molar-refractivity contribution >= 4 is 17.2 Å². The number of anilines is 1. The Kier molecular flexibility index (Phi) is 2.27. The van der Waals surface area contributed by atoms with Crippen molar-refractivity contribution in [2.75, 3.05) is 5.73 Å². The highest BCUT2D eigenvalue weighted by Gasteiger charge is 1.98. The molecule has 66 valence electrons. The molecule has 0 amide bonds. The summed E-state index contributed by atoms with van der Waals surface area (Å²) in [7, 11) is 0. The SMILES string of the molecule is Nc1cccc(Cc2cccs2)n1. The van der Waals surface area contributed by atoms with Crippen molar-refractivity contribution in [2.45, 2.75) is 6.42 Å². The van der Waals surface area contributed by atoms with E-state index in [1.54, 1.807) is 17.4 Å². The van der Waals surface area contributed by atoms with E-state index in [9.17, 15) is 0 Å². The maximum Gasteiger partial charge on any atom is 0.123 e. The van der Waals surface area contributed by atoms with E-state index in [1.807, 2.05) is 18.2 Å². The first kappa shape index (κ1) is 8.26. The topological polar surface area (TPSA) is 38.9 Å². The number of nitrogens with two attached hydrogens (primary N) is 1. The Bertz CT molecular complexity index is 382. The van der Waals surface area contributed by atoms with E-state index < -0.39 is 0 Å². The van der Waals surface area contributed by atoms with E-state index in [1.165, 1.54) is 4.88 Å². The Morgan fingerprint density at radius 1 is 1.23 bits per heavy atom. The molecule has 0 unspecified atom stereocenters. The van der Waals surface area contributed by atoms with Crippen molar-refractivity contribution in [2.24, 2.45) is 0 Å². The van der Waals surface area contributed by atoms with Gasteiger partial charge >= 0.3 is 0 Å². The summed E-state index contributed by atoms with van der Waals surface area (Å²) < 4.78 is 0. The van der Waals surface area contributed by atoms with Gasteiger partial charge in [-0.2, -0.15) is 0 Å². The van der Waals surface area contributed by atoms with Gasteiger partial charge in [-0.05, 0) is 23.6 Å². The van der Waals surface area contributed by atoms with Crippen molar-refractivity contribution in [3.63, 3.8) is 0 Å². The first-order valence-electron chi connectivity index (χ1n) is 4.08. The lowest BCUT2D eigenvalue weighted by Crippen LogP contribution is -1.94. The van der Waals surface area contributed by atoms with Gasteiger partial charge in [0.1, 0.15) is 5.82 Å². The molecule has 3 heteroatoms. The number of hydrogen-bond acceptors (Lipinski definition) is 3. The number of pyridine rings is 1. The number of rotatable bonds is 2. The fourth-order valence-electron chi connectivity index (χ4n) is 1.19. The zero-order chi connectivity index (χ0) is 9.10. The Morgan fingerprint density at radius 3 is 2.85 bits per heavy atom. The number of thiophene rings is 1. The molecular weight excluding hydrogens is 180 g/mol. The average Bonchev–Trinajstić information content (AvgIpc) is 2.57. The molecule has 2 N–H and O–H groups in total. The van der Waals surface area contributed by atoms with Gasteiger partial charge in [0.2, 0.25) is 0 Å². The first-order chi connectivity index (χ1) is 6.34. The van der Waals surface area contributed by atoms with Gasteiger partial charge in [0.15, 0.2) is 0 Å². The number of aromatic nitrogens is 1. The molecule has 0 spiro atoms. The third kappa shape index (κ3) is 2.06. The van der Waals surface area contributed by atoms with Gasteiger partial charge in [-0.25, -0.2) is 4.98 Å². The summed E-state index contributed by atoms with van der Waals surface area (Å²) >= 11 is 1.74. The van der Waals surface area contributed by atoms with E-state index in [0.29, 0.717) is 5.82 Å². The fourth-order valence-corrected chi connectivity index (χ4v) is 1.91. The van der Waals surface area contributed by atoms with Crippen LogP contribution in [-0.2, 0) is 6.42 Å². The third-order valence-corrected chi connectivity index (χ3v) is 2.64. The number of nitrogens with zero attached hydrogens (tertiary/aromatic N) is 1. The molecule has 2 nitrogen and oxygen atoms in total. The minimum atomic E-state index is 0.592. The van der Waals surface area contributed by atoms with Crippen LogP contribution in [0.25, 0.3) is 0 Å². The highest BCUT2D eigenvalue weighted by atomic mass is 32.1. The summed E-state index contributed by atoms with van der Waals surface area (Å²) in [5.74, 6) is 0.592. The molecule has 0 saturated carbocycles. The van der Waals surface area contributed by atoms with Crippen LogP contribution in [0.1, 0.15) is 10.6 Å². The Morgan fingerprint density at radius 2 is 2.15 bits per heavy atom. The molecule has 13 heavy (non-hydrogen) atoms. The van der Waals surface area contributed by atoms with E-state index >= 15 is 0 Å². The Labute approximate surface area is 81.1 Å². The molecule has 2 heterocycles. The molecule has 2 rings (SSSR count). The highest BCUT2D eigenvalue weighted by molar-refractivity contribution is 7.09. The van der Waals surface area contributed by atoms with Gasteiger partial charge in [-0.3, -0.25) is 0 Å². The van der Waals surface area contributed by atoms with Crippen LogP contribution >= 0.6 is 11.3 Å². The molecule has 0 saturated heterocycles. The summed E-state index contributed by atoms with van der Waals surface area (Å²) in [5, 5.41) is 2.07. The molecule has 0 aliphatic carbocycles. The number of hydrogen-bond donors (Lipinski definition) is 1. The second kappa shape index (κ2) is 3.58. The van der Waals surface area contributed by atoms with Crippen molar-refractivity contribution in [3.05, 3.63) is 46.3 Å². The van der Waals surface area contributed by atoms with Crippen LogP contribution in [0.4, 0.5) is 5.82 Å². The van der Waals surface area contributed by atoms with Crippen LogP contribution < -0.4 is 5.73 Å². The van der Waals surface area contributed by atoms with E-state index in [4.69, 9.17) is 5.73 Å². The normalized spacial score (nSPS) is 10.2. The smallest absolute Gasteiger partial charge is 0.123 e. The van der Waals surface area contributed by atoms with E-state index in [0.717, 1.165) is 12.1 Å². The molecule has 0 fully saturated rings. The van der Waals surface area contributed by atoms with Crippen LogP contribution in [0.2, 0.25) is 0 Å². The lowest BCUT2D eigenvalue weighted by molar-refractivity contribution is 1.10. The molecule has 0 aliphatic heterocycles. The molecule has 0 aliphatic rings. The first-order valence-corrected chi connectivity index (χ1v) is 4.96. The molecule has 0 atom stereocenters. The maximum absolute atomic E-state index is 5.58. The van der Waals surface area contributed by atoms with Crippen molar-refractivity contribution < 1.29 is 0 Å². The average molecular weight is 190 g/mol. The Balaban J connectivity index is 2.19. The predicted molar refractivity (Wildman–Crippen MR) is 55.8 cm³/mol. The molecule has 2 aromatic heterocycles. The summed E-state index contributed by atoms with van der Waals surface area (Å²) in [6.07, 6.45) is 0.878. The van der Waals surface area contributed by atoms with Crippen LogP contribution in [0.5, 0.6) is 0 Å². The van der Waals surface area contributed by atoms with Crippen LogP contribution in [0.15, 0.2) is 35.7 Å². The zero-order valence-electron chi connectivity index (χ0n) is 7.10. The second-order valence-corrected chi connectivity index (χ2v) is 3.84. The van der Waals surface area contributed by atoms with Gasteiger partial charge < -0.3 is 5.73 Å². The Hall–Kier alpha value is -1.35. The monoisotopic (exact) mass is 190 g/mol. The van der Waals surface area contributed by atoms with Gasteiger partial charge in [0.05, 0.1) is 0 Å². The summed E-state index contributed by atoms with van der Waals surface area (Å²) in [5.41, 5.74) is 6.61. The molecule has 0 aromatic carbocycles. The number of nitrogen functional groups attached to an aromatic ring is 1. The largest absolute Gasteiger partial charge is 0.384 e. The van der Waals surface area contributed by atoms with Crippen LogP contribution in [-0.4, -0.2) is 4.98 Å². The minimum Gasteiger partial charge on any atom is -0.384 e. The van der Waals surface area contributed by atoms with Gasteiger partial charge in [-0.15, -0.1) is 11.3 Å². The summed E-state index contributed by atoms with van der Waals surface area (Å²) in [4.78, 5) is 5.55. The van der Waals surface area contributed by atoms with Gasteiger partial charge in [0, 0.05) is 17.0 Å².